The van der Waals surface area contributed by atoms with E-state index in [1.54, 1.807) is 25.3 Å². The second-order valence-corrected chi connectivity index (χ2v) is 4.78. The number of hydrogen-bond donors (Lipinski definition) is 2. The lowest BCUT2D eigenvalue weighted by molar-refractivity contribution is 0.214. The molecule has 5 nitrogen and oxygen atoms in total. The maximum absolute atomic E-state index is 12.2. The fourth-order valence-electron chi connectivity index (χ4n) is 2.25. The van der Waals surface area contributed by atoms with Crippen molar-refractivity contribution in [3.05, 3.63) is 18.2 Å². The van der Waals surface area contributed by atoms with E-state index < -0.39 is 0 Å². The highest BCUT2D eigenvalue weighted by Gasteiger charge is 2.16. The second-order valence-electron chi connectivity index (χ2n) is 4.78. The fourth-order valence-corrected chi connectivity index (χ4v) is 2.25. The normalized spacial score (nSPS) is 15.7. The van der Waals surface area contributed by atoms with Crippen molar-refractivity contribution in [2.75, 3.05) is 31.2 Å². The van der Waals surface area contributed by atoms with Crippen LogP contribution in [-0.2, 0) is 0 Å². The standard InChI is InChI=1S/C14H21N3O2/c1-19-11-6-7-13(12(15)10-11)16-14(18)17-8-4-2-3-5-9-17/h6-7,10H,2-5,8-9,15H2,1H3,(H,16,18). The van der Waals surface area contributed by atoms with Gasteiger partial charge in [0.25, 0.3) is 0 Å². The number of benzene rings is 1. The first-order chi connectivity index (χ1) is 9.20. The summed E-state index contributed by atoms with van der Waals surface area (Å²) in [5.74, 6) is 0.685. The molecule has 1 aromatic carbocycles. The fraction of sp³-hybridized carbons (Fsp3) is 0.500. The predicted octanol–water partition coefficient (Wildman–Crippen LogP) is 2.69. The third-order valence-corrected chi connectivity index (χ3v) is 3.39. The molecule has 1 aliphatic rings. The lowest BCUT2D eigenvalue weighted by atomic mass is 10.2. The number of amides is 2. The Morgan fingerprint density at radius 1 is 1.26 bits per heavy atom. The molecule has 3 N–H and O–H groups in total. The van der Waals surface area contributed by atoms with Crippen molar-refractivity contribution < 1.29 is 9.53 Å². The van der Waals surface area contributed by atoms with Crippen molar-refractivity contribution in [1.29, 1.82) is 0 Å². The van der Waals surface area contributed by atoms with Crippen LogP contribution in [0.5, 0.6) is 5.75 Å². The molecule has 19 heavy (non-hydrogen) atoms. The van der Waals surface area contributed by atoms with Crippen molar-refractivity contribution in [3.8, 4) is 5.75 Å². The van der Waals surface area contributed by atoms with Crippen LogP contribution in [0.25, 0.3) is 0 Å². The van der Waals surface area contributed by atoms with Crippen molar-refractivity contribution in [2.24, 2.45) is 0 Å². The van der Waals surface area contributed by atoms with Crippen molar-refractivity contribution in [3.63, 3.8) is 0 Å². The molecule has 0 aromatic heterocycles. The summed E-state index contributed by atoms with van der Waals surface area (Å²) in [6, 6.07) is 5.19. The summed E-state index contributed by atoms with van der Waals surface area (Å²) < 4.78 is 5.08. The van der Waals surface area contributed by atoms with E-state index in [4.69, 9.17) is 10.5 Å². The molecule has 2 rings (SSSR count). The maximum Gasteiger partial charge on any atom is 0.321 e. The first kappa shape index (κ1) is 13.5. The number of nitrogens with zero attached hydrogens (tertiary/aromatic N) is 1. The molecule has 0 aliphatic carbocycles. The van der Waals surface area contributed by atoms with Crippen LogP contribution in [0, 0.1) is 0 Å². The number of likely N-dealkylation sites (tertiary alicyclic amines) is 1. The molecule has 0 atom stereocenters. The zero-order chi connectivity index (χ0) is 13.7. The summed E-state index contributed by atoms with van der Waals surface area (Å²) >= 11 is 0. The molecule has 1 aromatic rings. The average molecular weight is 263 g/mol. The van der Waals surface area contributed by atoms with Gasteiger partial charge in [0.2, 0.25) is 0 Å². The van der Waals surface area contributed by atoms with Gasteiger partial charge in [-0.1, -0.05) is 12.8 Å². The lowest BCUT2D eigenvalue weighted by Gasteiger charge is -2.21. The number of nitrogen functional groups attached to an aromatic ring is 1. The Balaban J connectivity index is 2.01. The monoisotopic (exact) mass is 263 g/mol. The van der Waals surface area contributed by atoms with E-state index in [9.17, 15) is 4.79 Å². The molecule has 0 bridgehead atoms. The molecular formula is C14H21N3O2. The molecule has 104 valence electrons. The molecule has 2 amide bonds. The summed E-state index contributed by atoms with van der Waals surface area (Å²) in [7, 11) is 1.59. The molecule has 1 fully saturated rings. The molecule has 1 saturated heterocycles. The van der Waals surface area contributed by atoms with Gasteiger partial charge in [-0.3, -0.25) is 0 Å². The molecule has 1 aliphatic heterocycles. The summed E-state index contributed by atoms with van der Waals surface area (Å²) in [5, 5.41) is 2.87. The Labute approximate surface area is 113 Å². The van der Waals surface area contributed by atoms with Gasteiger partial charge in [0, 0.05) is 19.2 Å². The molecular weight excluding hydrogens is 242 g/mol. The minimum absolute atomic E-state index is 0.0706. The van der Waals surface area contributed by atoms with Gasteiger partial charge >= 0.3 is 6.03 Å². The third-order valence-electron chi connectivity index (χ3n) is 3.39. The minimum atomic E-state index is -0.0706. The van der Waals surface area contributed by atoms with Gasteiger partial charge in [-0.25, -0.2) is 4.79 Å². The quantitative estimate of drug-likeness (QED) is 0.806. The lowest BCUT2D eigenvalue weighted by Crippen LogP contribution is -2.35. The number of nitrogens with two attached hydrogens (primary N) is 1. The van der Waals surface area contributed by atoms with E-state index in [1.807, 2.05) is 4.90 Å². The molecule has 5 heteroatoms. The van der Waals surface area contributed by atoms with Gasteiger partial charge < -0.3 is 20.7 Å². The number of anilines is 2. The van der Waals surface area contributed by atoms with Gasteiger partial charge in [-0.2, -0.15) is 0 Å². The Kier molecular flexibility index (Phi) is 4.49. The minimum Gasteiger partial charge on any atom is -0.497 e. The van der Waals surface area contributed by atoms with Gasteiger partial charge in [-0.15, -0.1) is 0 Å². The van der Waals surface area contributed by atoms with E-state index in [-0.39, 0.29) is 6.03 Å². The maximum atomic E-state index is 12.2. The summed E-state index contributed by atoms with van der Waals surface area (Å²) in [6.45, 7) is 1.64. The average Bonchev–Trinajstić information content (AvgIpc) is 2.70. The van der Waals surface area contributed by atoms with E-state index in [0.29, 0.717) is 17.1 Å². The molecule has 0 unspecified atom stereocenters. The highest BCUT2D eigenvalue weighted by Crippen LogP contribution is 2.24. The van der Waals surface area contributed by atoms with Crippen LogP contribution in [0.2, 0.25) is 0 Å². The first-order valence-corrected chi connectivity index (χ1v) is 6.70. The van der Waals surface area contributed by atoms with Crippen LogP contribution in [0.1, 0.15) is 25.7 Å². The summed E-state index contributed by atoms with van der Waals surface area (Å²) in [6.07, 6.45) is 4.56. The topological polar surface area (TPSA) is 67.6 Å². The Hall–Kier alpha value is -1.91. The molecule has 1 heterocycles. The number of carbonyl (C=O) groups is 1. The largest absolute Gasteiger partial charge is 0.497 e. The smallest absolute Gasteiger partial charge is 0.321 e. The first-order valence-electron chi connectivity index (χ1n) is 6.70. The molecule has 0 spiro atoms. The van der Waals surface area contributed by atoms with Gasteiger partial charge in [0.15, 0.2) is 0 Å². The Morgan fingerprint density at radius 2 is 1.95 bits per heavy atom. The Morgan fingerprint density at radius 3 is 2.53 bits per heavy atom. The molecule has 0 radical (unpaired) electrons. The second kappa shape index (κ2) is 6.31. The van der Waals surface area contributed by atoms with Crippen molar-refractivity contribution >= 4 is 17.4 Å². The number of nitrogens with one attached hydrogen (secondary N) is 1. The molecule has 0 saturated carbocycles. The van der Waals surface area contributed by atoms with Gasteiger partial charge in [0.05, 0.1) is 18.5 Å². The zero-order valence-corrected chi connectivity index (χ0v) is 11.3. The van der Waals surface area contributed by atoms with Crippen LogP contribution in [-0.4, -0.2) is 31.1 Å². The summed E-state index contributed by atoms with van der Waals surface area (Å²) in [5.41, 5.74) is 7.04. The van der Waals surface area contributed by atoms with E-state index in [1.165, 1.54) is 12.8 Å². The number of carbonyl (C=O) groups excluding carboxylic acids is 1. The van der Waals surface area contributed by atoms with Crippen LogP contribution in [0.4, 0.5) is 16.2 Å². The predicted molar refractivity (Wildman–Crippen MR) is 76.5 cm³/mol. The van der Waals surface area contributed by atoms with E-state index in [0.717, 1.165) is 25.9 Å². The van der Waals surface area contributed by atoms with E-state index >= 15 is 0 Å². The number of ether oxygens (including phenoxy) is 1. The SMILES string of the molecule is COc1ccc(NC(=O)N2CCCCCC2)c(N)c1. The van der Waals surface area contributed by atoms with Crippen LogP contribution >= 0.6 is 0 Å². The Bertz CT molecular complexity index is 440. The van der Waals surface area contributed by atoms with Gasteiger partial charge in [0.1, 0.15) is 5.75 Å². The van der Waals surface area contributed by atoms with Crippen molar-refractivity contribution in [2.45, 2.75) is 25.7 Å². The number of urea groups is 1. The highest BCUT2D eigenvalue weighted by molar-refractivity contribution is 5.92. The highest BCUT2D eigenvalue weighted by atomic mass is 16.5. The van der Waals surface area contributed by atoms with Gasteiger partial charge in [-0.05, 0) is 25.0 Å². The van der Waals surface area contributed by atoms with Crippen LogP contribution < -0.4 is 15.8 Å². The summed E-state index contributed by atoms with van der Waals surface area (Å²) in [4.78, 5) is 14.0. The zero-order valence-electron chi connectivity index (χ0n) is 11.3. The third kappa shape index (κ3) is 3.53. The van der Waals surface area contributed by atoms with Crippen LogP contribution in [0.15, 0.2) is 18.2 Å². The van der Waals surface area contributed by atoms with Crippen molar-refractivity contribution in [1.82, 2.24) is 4.90 Å². The number of rotatable bonds is 2. The van der Waals surface area contributed by atoms with E-state index in [2.05, 4.69) is 5.32 Å². The number of methoxy groups -OCH3 is 1. The number of hydrogen-bond acceptors (Lipinski definition) is 3. The van der Waals surface area contributed by atoms with Crippen LogP contribution in [0.3, 0.4) is 0 Å².